The molecule has 4 nitrogen and oxygen atoms in total. The van der Waals surface area contributed by atoms with Gasteiger partial charge in [0.05, 0.1) is 18.8 Å². The molecule has 1 aromatic rings. The molecule has 0 aliphatic heterocycles. The number of hydrogen-bond donors (Lipinski definition) is 2. The first-order chi connectivity index (χ1) is 5.25. The van der Waals surface area contributed by atoms with Crippen LogP contribution in [0.3, 0.4) is 0 Å². The molecule has 0 unspecified atom stereocenters. The van der Waals surface area contributed by atoms with Crippen molar-refractivity contribution in [2.24, 2.45) is 5.73 Å². The molecule has 0 fully saturated rings. The second-order valence-electron chi connectivity index (χ2n) is 2.18. The molecule has 1 aromatic heterocycles. The van der Waals surface area contributed by atoms with Crippen LogP contribution in [0.2, 0.25) is 0 Å². The largest absolute Gasteiger partial charge is 0.504 e. The van der Waals surface area contributed by atoms with Gasteiger partial charge in [0.2, 0.25) is 0 Å². The Morgan fingerprint density at radius 2 is 2.45 bits per heavy atom. The van der Waals surface area contributed by atoms with Crippen molar-refractivity contribution < 1.29 is 9.52 Å². The smallest absolute Gasteiger partial charge is 0.158 e. The molecule has 0 saturated heterocycles. The van der Waals surface area contributed by atoms with Gasteiger partial charge in [0, 0.05) is 11.6 Å². The highest BCUT2D eigenvalue weighted by atomic mass is 16.3. The number of nitrogens with zero attached hydrogens (tertiary/aromatic N) is 1. The van der Waals surface area contributed by atoms with Crippen LogP contribution in [-0.2, 0) is 0 Å². The zero-order valence-corrected chi connectivity index (χ0v) is 5.82. The van der Waals surface area contributed by atoms with E-state index in [-0.39, 0.29) is 12.2 Å². The van der Waals surface area contributed by atoms with Gasteiger partial charge in [-0.2, -0.15) is 5.26 Å². The molecule has 1 atom stereocenters. The second kappa shape index (κ2) is 3.08. The first-order valence-corrected chi connectivity index (χ1v) is 3.13. The Balaban J connectivity index is 2.77. The lowest BCUT2D eigenvalue weighted by atomic mass is 10.1. The topological polar surface area (TPSA) is 83.2 Å². The van der Waals surface area contributed by atoms with E-state index >= 15 is 0 Å². The lowest BCUT2D eigenvalue weighted by molar-refractivity contribution is 0.452. The van der Waals surface area contributed by atoms with E-state index in [0.29, 0.717) is 5.56 Å². The number of furan rings is 1. The number of rotatable bonds is 2. The molecule has 11 heavy (non-hydrogen) atoms. The molecule has 0 bridgehead atoms. The Labute approximate surface area is 63.8 Å². The molecule has 0 amide bonds. The van der Waals surface area contributed by atoms with Gasteiger partial charge >= 0.3 is 0 Å². The zero-order valence-electron chi connectivity index (χ0n) is 5.82. The fraction of sp³-hybridized carbons (Fsp3) is 0.286. The molecule has 3 N–H and O–H groups in total. The highest BCUT2D eigenvalue weighted by Gasteiger charge is 2.11. The predicted molar refractivity (Wildman–Crippen MR) is 37.5 cm³/mol. The summed E-state index contributed by atoms with van der Waals surface area (Å²) < 4.78 is 4.67. The maximum Gasteiger partial charge on any atom is 0.158 e. The van der Waals surface area contributed by atoms with Crippen LogP contribution >= 0.6 is 0 Å². The van der Waals surface area contributed by atoms with Gasteiger partial charge in [-0.25, -0.2) is 0 Å². The van der Waals surface area contributed by atoms with Gasteiger partial charge in [-0.3, -0.25) is 0 Å². The standard InChI is InChI=1S/C7H8N2O2/c8-2-1-6(9)5-3-11-4-7(5)10/h3-4,6,10H,1,9H2/t6-/m1/s1. The molecular formula is C7H8N2O2. The molecule has 1 rings (SSSR count). The maximum absolute atomic E-state index is 9.06. The third-order valence-corrected chi connectivity index (χ3v) is 1.38. The average Bonchev–Trinajstić information content (AvgIpc) is 2.36. The van der Waals surface area contributed by atoms with Gasteiger partial charge in [-0.05, 0) is 0 Å². The summed E-state index contributed by atoms with van der Waals surface area (Å²) in [4.78, 5) is 0. The van der Waals surface area contributed by atoms with Crippen LogP contribution in [0.15, 0.2) is 16.9 Å². The van der Waals surface area contributed by atoms with Crippen molar-refractivity contribution in [3.05, 3.63) is 18.1 Å². The summed E-state index contributed by atoms with van der Waals surface area (Å²) in [5.41, 5.74) is 5.99. The lowest BCUT2D eigenvalue weighted by Gasteiger charge is -2.02. The second-order valence-corrected chi connectivity index (χ2v) is 2.18. The van der Waals surface area contributed by atoms with E-state index in [4.69, 9.17) is 16.1 Å². The molecule has 58 valence electrons. The van der Waals surface area contributed by atoms with E-state index in [2.05, 4.69) is 4.42 Å². The normalized spacial score (nSPS) is 12.4. The summed E-state index contributed by atoms with van der Waals surface area (Å²) >= 11 is 0. The quantitative estimate of drug-likeness (QED) is 0.659. The van der Waals surface area contributed by atoms with Crippen LogP contribution < -0.4 is 5.73 Å². The van der Waals surface area contributed by atoms with Crippen LogP contribution in [0.1, 0.15) is 18.0 Å². The molecule has 0 aliphatic carbocycles. The van der Waals surface area contributed by atoms with Crippen LogP contribution in [0.25, 0.3) is 0 Å². The van der Waals surface area contributed by atoms with Gasteiger partial charge in [-0.15, -0.1) is 0 Å². The van der Waals surface area contributed by atoms with Crippen molar-refractivity contribution in [1.29, 1.82) is 5.26 Å². The van der Waals surface area contributed by atoms with Gasteiger partial charge in [0.1, 0.15) is 6.26 Å². The number of nitriles is 1. The van der Waals surface area contributed by atoms with E-state index in [0.717, 1.165) is 0 Å². The average molecular weight is 152 g/mol. The minimum absolute atomic E-state index is 0.00718. The SMILES string of the molecule is N#CC[C@@H](N)c1cocc1O. The summed E-state index contributed by atoms with van der Waals surface area (Å²) in [6, 6.07) is 1.45. The van der Waals surface area contributed by atoms with Crippen molar-refractivity contribution in [2.75, 3.05) is 0 Å². The van der Waals surface area contributed by atoms with Crippen LogP contribution in [0.4, 0.5) is 0 Å². The van der Waals surface area contributed by atoms with Crippen molar-refractivity contribution in [3.8, 4) is 11.8 Å². The molecule has 0 radical (unpaired) electrons. The molecule has 0 spiro atoms. The predicted octanol–water partition coefficient (Wildman–Crippen LogP) is 0.899. The van der Waals surface area contributed by atoms with E-state index in [1.165, 1.54) is 12.5 Å². The van der Waals surface area contributed by atoms with Gasteiger partial charge in [-0.1, -0.05) is 0 Å². The molecule has 0 saturated carbocycles. The first kappa shape index (κ1) is 7.63. The van der Waals surface area contributed by atoms with Gasteiger partial charge in [0.15, 0.2) is 5.75 Å². The van der Waals surface area contributed by atoms with Gasteiger partial charge < -0.3 is 15.3 Å². The van der Waals surface area contributed by atoms with E-state index in [9.17, 15) is 0 Å². The minimum Gasteiger partial charge on any atom is -0.504 e. The van der Waals surface area contributed by atoms with Crippen LogP contribution in [0, 0.1) is 11.3 Å². The number of nitrogens with two attached hydrogens (primary N) is 1. The number of aromatic hydroxyl groups is 1. The Morgan fingerprint density at radius 1 is 1.73 bits per heavy atom. The fourth-order valence-electron chi connectivity index (χ4n) is 0.786. The lowest BCUT2D eigenvalue weighted by Crippen LogP contribution is -2.07. The molecule has 0 aliphatic rings. The highest BCUT2D eigenvalue weighted by Crippen LogP contribution is 2.24. The van der Waals surface area contributed by atoms with Gasteiger partial charge in [0.25, 0.3) is 0 Å². The number of hydrogen-bond acceptors (Lipinski definition) is 4. The highest BCUT2D eigenvalue weighted by molar-refractivity contribution is 5.29. The van der Waals surface area contributed by atoms with E-state index in [1.807, 2.05) is 6.07 Å². The first-order valence-electron chi connectivity index (χ1n) is 3.13. The Hall–Kier alpha value is -1.47. The Kier molecular flexibility index (Phi) is 2.14. The van der Waals surface area contributed by atoms with Crippen molar-refractivity contribution in [2.45, 2.75) is 12.5 Å². The third kappa shape index (κ3) is 1.51. The van der Waals surface area contributed by atoms with E-state index < -0.39 is 6.04 Å². The molecular weight excluding hydrogens is 144 g/mol. The summed E-state index contributed by atoms with van der Waals surface area (Å²) in [5.74, 6) is 0.00718. The van der Waals surface area contributed by atoms with Crippen molar-refractivity contribution in [3.63, 3.8) is 0 Å². The Morgan fingerprint density at radius 3 is 2.91 bits per heavy atom. The summed E-state index contributed by atoms with van der Waals surface area (Å²) in [6.45, 7) is 0. The summed E-state index contributed by atoms with van der Waals surface area (Å²) in [5, 5.41) is 17.3. The van der Waals surface area contributed by atoms with Crippen LogP contribution in [-0.4, -0.2) is 5.11 Å². The summed E-state index contributed by atoms with van der Waals surface area (Å²) in [7, 11) is 0. The minimum atomic E-state index is -0.459. The molecule has 0 aromatic carbocycles. The zero-order chi connectivity index (χ0) is 8.27. The van der Waals surface area contributed by atoms with Crippen molar-refractivity contribution >= 4 is 0 Å². The monoisotopic (exact) mass is 152 g/mol. The fourth-order valence-corrected chi connectivity index (χ4v) is 0.786. The molecule has 1 heterocycles. The Bertz CT molecular complexity index is 274. The maximum atomic E-state index is 9.06. The summed E-state index contributed by atoms with van der Waals surface area (Å²) in [6.07, 6.45) is 2.71. The van der Waals surface area contributed by atoms with Crippen LogP contribution in [0.5, 0.6) is 5.75 Å². The third-order valence-electron chi connectivity index (χ3n) is 1.38. The molecule has 4 heteroatoms. The van der Waals surface area contributed by atoms with Crippen molar-refractivity contribution in [1.82, 2.24) is 0 Å². The van der Waals surface area contributed by atoms with E-state index in [1.54, 1.807) is 0 Å².